The highest BCUT2D eigenvalue weighted by Gasteiger charge is 2.45. The van der Waals surface area contributed by atoms with Crippen molar-refractivity contribution in [3.63, 3.8) is 0 Å². The first kappa shape index (κ1) is 11.6. The lowest BCUT2D eigenvalue weighted by Gasteiger charge is -2.39. The molecule has 1 heterocycles. The second-order valence-electron chi connectivity index (χ2n) is 5.98. The van der Waals surface area contributed by atoms with E-state index in [2.05, 4.69) is 42.2 Å². The number of anilines is 1. The maximum Gasteiger partial charge on any atom is 0.0628 e. The van der Waals surface area contributed by atoms with E-state index in [1.54, 1.807) is 0 Å². The van der Waals surface area contributed by atoms with E-state index in [4.69, 9.17) is 5.26 Å². The molecule has 0 amide bonds. The Bertz CT molecular complexity index is 482. The van der Waals surface area contributed by atoms with Gasteiger partial charge in [-0.25, -0.2) is 0 Å². The number of hydrogen-bond acceptors (Lipinski definition) is 2. The van der Waals surface area contributed by atoms with E-state index in [1.165, 1.54) is 36.9 Å². The second-order valence-corrected chi connectivity index (χ2v) is 5.98. The summed E-state index contributed by atoms with van der Waals surface area (Å²) in [6.45, 7) is 3.39. The summed E-state index contributed by atoms with van der Waals surface area (Å²) >= 11 is 0. The number of para-hydroxylation sites is 1. The van der Waals surface area contributed by atoms with Gasteiger partial charge in [0.15, 0.2) is 0 Å². The fourth-order valence-corrected chi connectivity index (χ4v) is 3.10. The summed E-state index contributed by atoms with van der Waals surface area (Å²) in [6, 6.07) is 11.7. The van der Waals surface area contributed by atoms with Crippen molar-refractivity contribution in [3.05, 3.63) is 29.8 Å². The van der Waals surface area contributed by atoms with Crippen LogP contribution in [0, 0.1) is 16.7 Å². The molecule has 2 aliphatic rings. The zero-order valence-corrected chi connectivity index (χ0v) is 11.0. The Morgan fingerprint density at radius 2 is 2.17 bits per heavy atom. The smallest absolute Gasteiger partial charge is 0.0628 e. The predicted molar refractivity (Wildman–Crippen MR) is 73.5 cm³/mol. The van der Waals surface area contributed by atoms with Gasteiger partial charge in [0.05, 0.1) is 6.07 Å². The van der Waals surface area contributed by atoms with Crippen LogP contribution in [0.25, 0.3) is 0 Å². The van der Waals surface area contributed by atoms with E-state index < -0.39 is 0 Å². The lowest BCUT2D eigenvalue weighted by atomic mass is 9.93. The lowest BCUT2D eigenvalue weighted by molar-refractivity contribution is 0.456. The van der Waals surface area contributed by atoms with Gasteiger partial charge in [0.2, 0.25) is 0 Å². The van der Waals surface area contributed by atoms with Gasteiger partial charge in [-0.05, 0) is 44.2 Å². The van der Waals surface area contributed by atoms with Crippen LogP contribution in [0.5, 0.6) is 0 Å². The minimum atomic E-state index is 0.299. The van der Waals surface area contributed by atoms with Crippen molar-refractivity contribution < 1.29 is 0 Å². The van der Waals surface area contributed by atoms with E-state index in [0.717, 1.165) is 13.0 Å². The van der Waals surface area contributed by atoms with E-state index in [9.17, 15) is 0 Å². The van der Waals surface area contributed by atoms with Crippen LogP contribution in [-0.4, -0.2) is 12.6 Å². The molecule has 3 rings (SSSR count). The van der Waals surface area contributed by atoms with Crippen molar-refractivity contribution in [2.75, 3.05) is 11.4 Å². The van der Waals surface area contributed by atoms with E-state index in [1.807, 2.05) is 0 Å². The van der Waals surface area contributed by atoms with E-state index >= 15 is 0 Å². The van der Waals surface area contributed by atoms with Crippen LogP contribution in [0.2, 0.25) is 0 Å². The van der Waals surface area contributed by atoms with E-state index in [-0.39, 0.29) is 0 Å². The lowest BCUT2D eigenvalue weighted by Crippen LogP contribution is -2.41. The Kier molecular flexibility index (Phi) is 2.78. The van der Waals surface area contributed by atoms with Crippen LogP contribution in [0.4, 0.5) is 5.69 Å². The Morgan fingerprint density at radius 1 is 1.39 bits per heavy atom. The van der Waals surface area contributed by atoms with Crippen molar-refractivity contribution in [1.29, 1.82) is 5.26 Å². The molecule has 0 aromatic heterocycles. The van der Waals surface area contributed by atoms with Crippen LogP contribution >= 0.6 is 0 Å². The highest BCUT2D eigenvalue weighted by Crippen LogP contribution is 2.50. The maximum absolute atomic E-state index is 8.96. The highest BCUT2D eigenvalue weighted by atomic mass is 15.2. The first-order valence-corrected chi connectivity index (χ1v) is 6.96. The average Bonchev–Trinajstić information content (AvgIpc) is 3.14. The molecule has 1 atom stereocenters. The third-order valence-corrected chi connectivity index (χ3v) is 4.58. The van der Waals surface area contributed by atoms with Gasteiger partial charge < -0.3 is 4.90 Å². The van der Waals surface area contributed by atoms with Crippen molar-refractivity contribution >= 4 is 5.69 Å². The quantitative estimate of drug-likeness (QED) is 0.808. The summed E-state index contributed by atoms with van der Waals surface area (Å²) in [6.07, 6.45) is 5.61. The number of rotatable bonds is 3. The largest absolute Gasteiger partial charge is 0.368 e. The summed E-state index contributed by atoms with van der Waals surface area (Å²) in [7, 11) is 0. The van der Waals surface area contributed by atoms with Crippen molar-refractivity contribution in [2.45, 2.75) is 45.1 Å². The number of nitrogens with zero attached hydrogens (tertiary/aromatic N) is 2. The first-order valence-electron chi connectivity index (χ1n) is 6.96. The van der Waals surface area contributed by atoms with Crippen molar-refractivity contribution in [3.8, 4) is 6.07 Å². The number of fused-ring (bicyclic) bond motifs is 1. The molecule has 0 N–H and O–H groups in total. The van der Waals surface area contributed by atoms with Gasteiger partial charge in [-0.15, -0.1) is 0 Å². The SMILES string of the molecule is CC1CCc2ccccc2N1CC1(CC#N)CC1. The van der Waals surface area contributed by atoms with Gasteiger partial charge in [0.25, 0.3) is 0 Å². The Morgan fingerprint density at radius 3 is 2.89 bits per heavy atom. The van der Waals surface area contributed by atoms with Gasteiger partial charge in [0, 0.05) is 30.1 Å². The number of hydrogen-bond donors (Lipinski definition) is 0. The standard InChI is InChI=1S/C16H20N2/c1-13-6-7-14-4-2-3-5-15(14)18(13)12-16(8-9-16)10-11-17/h2-5,13H,6-10,12H2,1H3. The molecule has 0 bridgehead atoms. The molecule has 1 aromatic carbocycles. The molecule has 1 aromatic rings. The van der Waals surface area contributed by atoms with Gasteiger partial charge in [-0.3, -0.25) is 0 Å². The monoisotopic (exact) mass is 240 g/mol. The number of aryl methyl sites for hydroxylation is 1. The molecule has 94 valence electrons. The Balaban J connectivity index is 1.85. The van der Waals surface area contributed by atoms with Gasteiger partial charge in [-0.1, -0.05) is 18.2 Å². The molecule has 1 unspecified atom stereocenters. The summed E-state index contributed by atoms with van der Waals surface area (Å²) in [4.78, 5) is 2.54. The minimum Gasteiger partial charge on any atom is -0.368 e. The molecule has 1 aliphatic heterocycles. The average molecular weight is 240 g/mol. The molecular weight excluding hydrogens is 220 g/mol. The molecule has 0 saturated heterocycles. The van der Waals surface area contributed by atoms with Gasteiger partial charge >= 0.3 is 0 Å². The van der Waals surface area contributed by atoms with E-state index in [0.29, 0.717) is 11.5 Å². The maximum atomic E-state index is 8.96. The summed E-state index contributed by atoms with van der Waals surface area (Å²) in [5.41, 5.74) is 3.18. The van der Waals surface area contributed by atoms with Crippen LogP contribution in [0.3, 0.4) is 0 Å². The highest BCUT2D eigenvalue weighted by molar-refractivity contribution is 5.56. The molecule has 1 saturated carbocycles. The normalized spacial score (nSPS) is 24.2. The molecule has 0 radical (unpaired) electrons. The molecule has 18 heavy (non-hydrogen) atoms. The van der Waals surface area contributed by atoms with Crippen LogP contribution in [0.15, 0.2) is 24.3 Å². The molecule has 0 spiro atoms. The molecule has 1 fully saturated rings. The topological polar surface area (TPSA) is 27.0 Å². The molecule has 2 heteroatoms. The Hall–Kier alpha value is -1.49. The third-order valence-electron chi connectivity index (χ3n) is 4.58. The summed E-state index contributed by atoms with van der Waals surface area (Å²) in [5.74, 6) is 0. The van der Waals surface area contributed by atoms with Crippen molar-refractivity contribution in [1.82, 2.24) is 0 Å². The van der Waals surface area contributed by atoms with Crippen LogP contribution < -0.4 is 4.90 Å². The summed E-state index contributed by atoms with van der Waals surface area (Å²) in [5, 5.41) is 8.96. The fraction of sp³-hybridized carbons (Fsp3) is 0.562. The third kappa shape index (κ3) is 1.99. The second kappa shape index (κ2) is 4.31. The minimum absolute atomic E-state index is 0.299. The number of benzene rings is 1. The van der Waals surface area contributed by atoms with Gasteiger partial charge in [-0.2, -0.15) is 5.26 Å². The molecule has 1 aliphatic carbocycles. The first-order chi connectivity index (χ1) is 8.74. The zero-order chi connectivity index (χ0) is 12.6. The van der Waals surface area contributed by atoms with Crippen molar-refractivity contribution in [2.24, 2.45) is 5.41 Å². The number of nitriles is 1. The predicted octanol–water partition coefficient (Wildman–Crippen LogP) is 3.52. The Labute approximate surface area is 109 Å². The fourth-order valence-electron chi connectivity index (χ4n) is 3.10. The summed E-state index contributed by atoms with van der Waals surface area (Å²) < 4.78 is 0. The zero-order valence-electron chi connectivity index (χ0n) is 11.0. The molecular formula is C16H20N2. The van der Waals surface area contributed by atoms with Crippen LogP contribution in [0.1, 0.15) is 38.2 Å². The van der Waals surface area contributed by atoms with Crippen LogP contribution in [-0.2, 0) is 6.42 Å². The van der Waals surface area contributed by atoms with Gasteiger partial charge in [0.1, 0.15) is 0 Å². The molecule has 2 nitrogen and oxygen atoms in total.